The molecule has 2 aromatic carbocycles. The Morgan fingerprint density at radius 1 is 1.11 bits per heavy atom. The monoisotopic (exact) mass is 368 g/mol. The van der Waals surface area contributed by atoms with Crippen LogP contribution in [-0.2, 0) is 11.2 Å². The van der Waals surface area contributed by atoms with Gasteiger partial charge in [0.2, 0.25) is 5.91 Å². The highest BCUT2D eigenvalue weighted by atomic mass is 19.1. The van der Waals surface area contributed by atoms with Crippen molar-refractivity contribution in [2.24, 2.45) is 5.73 Å². The minimum atomic E-state index is -0.239. The van der Waals surface area contributed by atoms with E-state index in [1.54, 1.807) is 12.1 Å². The molecule has 4 N–H and O–H groups in total. The van der Waals surface area contributed by atoms with Gasteiger partial charge in [-0.05, 0) is 49.2 Å². The molecule has 0 saturated carbocycles. The number of carbonyl (C=O) groups is 1. The number of amides is 1. The minimum absolute atomic E-state index is 0.00759. The molecule has 0 unspecified atom stereocenters. The first kappa shape index (κ1) is 19.0. The standard InChI is InChI=1S/C21H25FN4O/c22-17-8-5-4-7-15(17)13-20-25-18-11-10-16(14-19(18)26-20)24-21(27)9-3-1-2-6-12-23/h4-5,7-8,10-11,14H,1-3,6,9,12-13,23H2,(H,24,27)(H,25,26). The quantitative estimate of drug-likeness (QED) is 0.496. The number of nitrogens with one attached hydrogen (secondary N) is 2. The van der Waals surface area contributed by atoms with Crippen LogP contribution in [-0.4, -0.2) is 22.4 Å². The summed E-state index contributed by atoms with van der Waals surface area (Å²) >= 11 is 0. The molecule has 0 aliphatic rings. The second kappa shape index (κ2) is 9.28. The minimum Gasteiger partial charge on any atom is -0.342 e. The van der Waals surface area contributed by atoms with E-state index in [9.17, 15) is 9.18 Å². The predicted octanol–water partition coefficient (Wildman–Crippen LogP) is 4.14. The van der Waals surface area contributed by atoms with E-state index < -0.39 is 0 Å². The molecule has 0 fully saturated rings. The molecule has 0 atom stereocenters. The maximum atomic E-state index is 13.8. The topological polar surface area (TPSA) is 83.8 Å². The Labute approximate surface area is 158 Å². The summed E-state index contributed by atoms with van der Waals surface area (Å²) in [5.74, 6) is 0.462. The number of benzene rings is 2. The van der Waals surface area contributed by atoms with Gasteiger partial charge in [-0.15, -0.1) is 0 Å². The molecule has 27 heavy (non-hydrogen) atoms. The van der Waals surface area contributed by atoms with Crippen LogP contribution in [0.2, 0.25) is 0 Å². The van der Waals surface area contributed by atoms with Gasteiger partial charge in [0.25, 0.3) is 0 Å². The molecular formula is C21H25FN4O. The van der Waals surface area contributed by atoms with E-state index in [0.29, 0.717) is 30.8 Å². The predicted molar refractivity (Wildman–Crippen MR) is 106 cm³/mol. The molecule has 5 nitrogen and oxygen atoms in total. The average molecular weight is 368 g/mol. The third kappa shape index (κ3) is 5.37. The van der Waals surface area contributed by atoms with Crippen LogP contribution in [0.5, 0.6) is 0 Å². The average Bonchev–Trinajstić information content (AvgIpc) is 3.05. The fraction of sp³-hybridized carbons (Fsp3) is 0.333. The fourth-order valence-electron chi connectivity index (χ4n) is 3.05. The van der Waals surface area contributed by atoms with Crippen molar-refractivity contribution in [3.8, 4) is 0 Å². The zero-order valence-electron chi connectivity index (χ0n) is 15.3. The van der Waals surface area contributed by atoms with Crippen molar-refractivity contribution in [3.05, 3.63) is 59.7 Å². The zero-order valence-corrected chi connectivity index (χ0v) is 15.3. The molecular weight excluding hydrogens is 343 g/mol. The van der Waals surface area contributed by atoms with Crippen molar-refractivity contribution in [1.29, 1.82) is 0 Å². The number of H-pyrrole nitrogens is 1. The summed E-state index contributed by atoms with van der Waals surface area (Å²) in [7, 11) is 0. The molecule has 1 heterocycles. The highest BCUT2D eigenvalue weighted by molar-refractivity contribution is 5.93. The van der Waals surface area contributed by atoms with E-state index >= 15 is 0 Å². The van der Waals surface area contributed by atoms with Crippen LogP contribution in [0.4, 0.5) is 10.1 Å². The van der Waals surface area contributed by atoms with Crippen LogP contribution >= 0.6 is 0 Å². The first-order valence-corrected chi connectivity index (χ1v) is 9.37. The molecule has 0 aliphatic heterocycles. The van der Waals surface area contributed by atoms with E-state index in [0.717, 1.165) is 42.4 Å². The molecule has 0 spiro atoms. The smallest absolute Gasteiger partial charge is 0.224 e. The summed E-state index contributed by atoms with van der Waals surface area (Å²) in [6.45, 7) is 0.704. The summed E-state index contributed by atoms with van der Waals surface area (Å²) in [6, 6.07) is 12.2. The van der Waals surface area contributed by atoms with Crippen LogP contribution < -0.4 is 11.1 Å². The van der Waals surface area contributed by atoms with E-state index in [-0.39, 0.29) is 11.7 Å². The number of carbonyl (C=O) groups excluding carboxylic acids is 1. The normalized spacial score (nSPS) is 11.0. The number of unbranched alkanes of at least 4 members (excludes halogenated alkanes) is 3. The van der Waals surface area contributed by atoms with Crippen LogP contribution in [0.15, 0.2) is 42.5 Å². The highest BCUT2D eigenvalue weighted by Crippen LogP contribution is 2.20. The second-order valence-electron chi connectivity index (χ2n) is 6.68. The number of nitrogens with two attached hydrogens (primary N) is 1. The van der Waals surface area contributed by atoms with Gasteiger partial charge in [0.1, 0.15) is 11.6 Å². The van der Waals surface area contributed by atoms with Crippen LogP contribution in [0, 0.1) is 5.82 Å². The maximum Gasteiger partial charge on any atom is 0.224 e. The van der Waals surface area contributed by atoms with Crippen LogP contribution in [0.3, 0.4) is 0 Å². The third-order valence-corrected chi connectivity index (χ3v) is 4.49. The van der Waals surface area contributed by atoms with Gasteiger partial charge >= 0.3 is 0 Å². The number of imidazole rings is 1. The Morgan fingerprint density at radius 2 is 1.93 bits per heavy atom. The number of anilines is 1. The lowest BCUT2D eigenvalue weighted by molar-refractivity contribution is -0.116. The number of aromatic amines is 1. The van der Waals surface area contributed by atoms with Crippen molar-refractivity contribution < 1.29 is 9.18 Å². The molecule has 3 aromatic rings. The Bertz CT molecular complexity index is 906. The van der Waals surface area contributed by atoms with Crippen LogP contribution in [0.1, 0.15) is 43.5 Å². The molecule has 0 bridgehead atoms. The van der Waals surface area contributed by atoms with Gasteiger partial charge < -0.3 is 16.0 Å². The van der Waals surface area contributed by atoms with Gasteiger partial charge in [-0.2, -0.15) is 0 Å². The highest BCUT2D eigenvalue weighted by Gasteiger charge is 2.09. The summed E-state index contributed by atoms with van der Waals surface area (Å²) in [5, 5.41) is 2.92. The first-order chi connectivity index (χ1) is 13.2. The second-order valence-corrected chi connectivity index (χ2v) is 6.68. The lowest BCUT2D eigenvalue weighted by Crippen LogP contribution is -2.11. The Morgan fingerprint density at radius 3 is 2.74 bits per heavy atom. The molecule has 6 heteroatoms. The molecule has 0 saturated heterocycles. The molecule has 0 aliphatic carbocycles. The summed E-state index contributed by atoms with van der Waals surface area (Å²) in [4.78, 5) is 19.8. The number of hydrogen-bond donors (Lipinski definition) is 3. The van der Waals surface area contributed by atoms with Crippen molar-refractivity contribution in [3.63, 3.8) is 0 Å². The summed E-state index contributed by atoms with van der Waals surface area (Å²) < 4.78 is 13.8. The van der Waals surface area contributed by atoms with Gasteiger partial charge in [0.15, 0.2) is 0 Å². The van der Waals surface area contributed by atoms with Crippen molar-refractivity contribution >= 4 is 22.6 Å². The van der Waals surface area contributed by atoms with Crippen LogP contribution in [0.25, 0.3) is 11.0 Å². The number of fused-ring (bicyclic) bond motifs is 1. The van der Waals surface area contributed by atoms with E-state index in [1.165, 1.54) is 6.07 Å². The number of hydrogen-bond acceptors (Lipinski definition) is 3. The van der Waals surface area contributed by atoms with E-state index in [1.807, 2.05) is 24.3 Å². The number of halogens is 1. The molecule has 3 rings (SSSR count). The first-order valence-electron chi connectivity index (χ1n) is 9.37. The van der Waals surface area contributed by atoms with Gasteiger partial charge in [0, 0.05) is 18.5 Å². The number of rotatable bonds is 9. The number of aromatic nitrogens is 2. The Balaban J connectivity index is 1.60. The fourth-order valence-corrected chi connectivity index (χ4v) is 3.05. The largest absolute Gasteiger partial charge is 0.342 e. The lowest BCUT2D eigenvalue weighted by Gasteiger charge is -2.05. The molecule has 0 radical (unpaired) electrons. The van der Waals surface area contributed by atoms with Crippen molar-refractivity contribution in [2.75, 3.05) is 11.9 Å². The lowest BCUT2D eigenvalue weighted by atomic mass is 10.1. The van der Waals surface area contributed by atoms with Gasteiger partial charge in [-0.3, -0.25) is 4.79 Å². The third-order valence-electron chi connectivity index (χ3n) is 4.49. The van der Waals surface area contributed by atoms with Crippen molar-refractivity contribution in [1.82, 2.24) is 9.97 Å². The van der Waals surface area contributed by atoms with Gasteiger partial charge in [0.05, 0.1) is 11.0 Å². The van der Waals surface area contributed by atoms with Crippen molar-refractivity contribution in [2.45, 2.75) is 38.5 Å². The van der Waals surface area contributed by atoms with E-state index in [4.69, 9.17) is 5.73 Å². The Hall–Kier alpha value is -2.73. The summed E-state index contributed by atoms with van der Waals surface area (Å²) in [5.41, 5.74) is 8.41. The SMILES string of the molecule is NCCCCCCC(=O)Nc1ccc2nc(Cc3ccccc3F)[nH]c2c1. The zero-order chi connectivity index (χ0) is 19.1. The van der Waals surface area contributed by atoms with E-state index in [2.05, 4.69) is 15.3 Å². The van der Waals surface area contributed by atoms with Gasteiger partial charge in [-0.1, -0.05) is 31.0 Å². The Kier molecular flexibility index (Phi) is 6.54. The number of nitrogens with zero attached hydrogens (tertiary/aromatic N) is 1. The molecule has 142 valence electrons. The maximum absolute atomic E-state index is 13.8. The van der Waals surface area contributed by atoms with Gasteiger partial charge in [-0.25, -0.2) is 9.37 Å². The summed E-state index contributed by atoms with van der Waals surface area (Å²) in [6.07, 6.45) is 4.85. The molecule has 1 aromatic heterocycles. The molecule has 1 amide bonds.